The van der Waals surface area contributed by atoms with E-state index < -0.39 is 34.3 Å². The fraction of sp³-hybridized carbons (Fsp3) is 1.00. The molecule has 0 spiro atoms. The Bertz CT molecular complexity index is 266. The molecule has 1 aliphatic rings. The smallest absolute Gasteiger partial charge is 0.276 e. The Kier molecular flexibility index (Phi) is 5.20. The highest BCUT2D eigenvalue weighted by atomic mass is 35.5. The van der Waals surface area contributed by atoms with E-state index in [1.54, 1.807) is 0 Å². The topological polar surface area (TPSA) is 0 Å². The number of halogens is 6. The molecule has 0 amide bonds. The molecule has 0 saturated carbocycles. The maximum absolute atomic E-state index is 6.79. The van der Waals surface area contributed by atoms with Crippen LogP contribution < -0.4 is 0 Å². The predicted molar refractivity (Wildman–Crippen MR) is 109 cm³/mol. The molecule has 0 aliphatic carbocycles. The molecule has 1 saturated heterocycles. The molecule has 108 valence electrons. The molecule has 0 aromatic carbocycles. The summed E-state index contributed by atoms with van der Waals surface area (Å²) >= 11 is 40.7. The summed E-state index contributed by atoms with van der Waals surface area (Å²) in [4.78, 5) is 0. The number of hydrogen-bond acceptors (Lipinski definition) is 0. The van der Waals surface area contributed by atoms with E-state index in [-0.39, 0.29) is 0 Å². The second-order valence-electron chi connectivity index (χ2n) is 6.65. The summed E-state index contributed by atoms with van der Waals surface area (Å²) in [6, 6.07) is 0. The fourth-order valence-corrected chi connectivity index (χ4v) is 38.2. The van der Waals surface area contributed by atoms with Crippen LogP contribution in [0.3, 0.4) is 0 Å². The highest BCUT2D eigenvalue weighted by molar-refractivity contribution is 8.88. The third-order valence-corrected chi connectivity index (χ3v) is 43.2. The highest BCUT2D eigenvalue weighted by Crippen LogP contribution is 3.05. The molecule has 18 heavy (non-hydrogen) atoms. The molecule has 0 N–H and O–H groups in total. The minimum absolute atomic E-state index is 1.75. The van der Waals surface area contributed by atoms with Gasteiger partial charge in [0, 0.05) is 0 Å². The quantitative estimate of drug-likeness (QED) is 0.302. The van der Waals surface area contributed by atoms with Gasteiger partial charge in [0.15, 0.2) is 0 Å². The van der Waals surface area contributed by atoms with Crippen LogP contribution >= 0.6 is 89.8 Å². The molecule has 12 heteroatoms. The maximum atomic E-state index is 6.79. The van der Waals surface area contributed by atoms with Gasteiger partial charge in [0.2, 0.25) is 0 Å². The Morgan fingerprint density at radius 3 is 0.667 bits per heavy atom. The third kappa shape index (κ3) is 1.95. The largest absolute Gasteiger partial charge is 0.406 e. The Morgan fingerprint density at radius 1 is 0.444 bits per heavy atom. The molecule has 0 radical (unpaired) electrons. The Labute approximate surface area is 142 Å². The van der Waals surface area contributed by atoms with Crippen LogP contribution in [0.5, 0.6) is 0 Å². The molecule has 1 heterocycles. The predicted octanol–water partition coefficient (Wildman–Crippen LogP) is 6.57. The van der Waals surface area contributed by atoms with E-state index in [9.17, 15) is 0 Å². The van der Waals surface area contributed by atoms with Crippen LogP contribution in [0, 0.1) is 0 Å². The fourth-order valence-electron chi connectivity index (χ4n) is 2.95. The van der Waals surface area contributed by atoms with Crippen molar-refractivity contribution in [2.75, 3.05) is 40.0 Å². The summed E-state index contributed by atoms with van der Waals surface area (Å²) < 4.78 is -5.25. The van der Waals surface area contributed by atoms with Crippen molar-refractivity contribution < 1.29 is 0 Å². The van der Waals surface area contributed by atoms with Crippen molar-refractivity contribution in [2.45, 2.75) is 0 Å². The summed E-state index contributed by atoms with van der Waals surface area (Å²) in [5, 5.41) is 0. The molecular weight excluding hydrogens is 410 g/mol. The van der Waals surface area contributed by atoms with Crippen LogP contribution in [0.2, 0.25) is 0 Å². The Hall–Kier alpha value is 3.22. The van der Waals surface area contributed by atoms with E-state index in [1.165, 1.54) is 0 Å². The van der Waals surface area contributed by atoms with E-state index in [4.69, 9.17) is 68.8 Å². The van der Waals surface area contributed by atoms with Crippen LogP contribution in [0.15, 0.2) is 0 Å². The molecule has 1 aliphatic heterocycles. The van der Waals surface area contributed by atoms with Crippen molar-refractivity contribution in [3.8, 4) is 0 Å². The zero-order valence-corrected chi connectivity index (χ0v) is 18.6. The second kappa shape index (κ2) is 4.86. The summed E-state index contributed by atoms with van der Waals surface area (Å²) in [7, 11) is -5.80. The van der Waals surface area contributed by atoms with Crippen molar-refractivity contribution in [3.05, 3.63) is 0 Å². The minimum Gasteiger partial charge on any atom is -0.276 e. The van der Waals surface area contributed by atoms with E-state index in [0.29, 0.717) is 0 Å². The average molecular weight is 428 g/mol. The van der Waals surface area contributed by atoms with E-state index in [2.05, 4.69) is 40.0 Å². The first-order valence-electron chi connectivity index (χ1n) is 5.54. The Balaban J connectivity index is 3.72. The van der Waals surface area contributed by atoms with Gasteiger partial charge in [-0.1, -0.05) is 0 Å². The van der Waals surface area contributed by atoms with Crippen LogP contribution in [-0.2, 0) is 0 Å². The molecule has 0 unspecified atom stereocenters. The van der Waals surface area contributed by atoms with Gasteiger partial charge in [0.25, 0.3) is 0 Å². The zero-order valence-electron chi connectivity index (χ0n) is 11.3. The lowest BCUT2D eigenvalue weighted by Gasteiger charge is -2.69. The van der Waals surface area contributed by atoms with E-state index in [1.807, 2.05) is 0 Å². The van der Waals surface area contributed by atoms with Crippen molar-refractivity contribution in [2.24, 2.45) is 0 Å². The van der Waals surface area contributed by atoms with Crippen LogP contribution in [0.1, 0.15) is 0 Å². The van der Waals surface area contributed by atoms with Gasteiger partial charge in [-0.05, 0) is 40.0 Å². The molecule has 0 aromatic heterocycles. The van der Waals surface area contributed by atoms with Crippen molar-refractivity contribution in [1.29, 1.82) is 0 Å². The third-order valence-electron chi connectivity index (χ3n) is 4.80. The average Bonchev–Trinajstić information content (AvgIpc) is 2.14. The lowest BCUT2D eigenvalue weighted by atomic mass is 10.5. The van der Waals surface area contributed by atoms with Gasteiger partial charge in [0.1, 0.15) is 0 Å². The van der Waals surface area contributed by atoms with Crippen LogP contribution in [0.25, 0.3) is 0 Å². The van der Waals surface area contributed by atoms with Gasteiger partial charge in [0.05, 0.1) is 0 Å². The highest BCUT2D eigenvalue weighted by Gasteiger charge is 2.82. The normalized spacial score (nSPS) is 34.0. The standard InChI is InChI=1S/C6H18B3Cl6P3/c1-16(2)7(10,11)17(3,4)9(14,15)18(5,6)8(16,12)13/h1-6H3. The number of hydrogen-bond donors (Lipinski definition) is 0. The molecule has 1 fully saturated rings. The van der Waals surface area contributed by atoms with Gasteiger partial charge in [-0.25, -0.2) is 0 Å². The van der Waals surface area contributed by atoms with Gasteiger partial charge in [-0.2, -0.15) is 21.1 Å². The van der Waals surface area contributed by atoms with Gasteiger partial charge in [-0.3, -0.25) is 68.8 Å². The SMILES string of the molecule is C[P+]1(C)[B-](Cl)(Cl)[P+](C)(C)[B-](Cl)(Cl)[P+](C)(C)[B-]1(Cl)Cl. The monoisotopic (exact) mass is 426 g/mol. The lowest BCUT2D eigenvalue weighted by molar-refractivity contribution is 2.17. The van der Waals surface area contributed by atoms with E-state index in [0.717, 1.165) is 0 Å². The first-order chi connectivity index (χ1) is 7.50. The first kappa shape index (κ1) is 19.3. The van der Waals surface area contributed by atoms with Crippen molar-refractivity contribution >= 4 is 103 Å². The van der Waals surface area contributed by atoms with Crippen molar-refractivity contribution in [1.82, 2.24) is 0 Å². The molecule has 0 atom stereocenters. The summed E-state index contributed by atoms with van der Waals surface area (Å²) in [6.07, 6.45) is 0. The maximum Gasteiger partial charge on any atom is 0.406 e. The molecular formula is C6H18B3Cl6P3. The van der Waals surface area contributed by atoms with Gasteiger partial charge >= 0.3 is 13.2 Å². The van der Waals surface area contributed by atoms with Gasteiger partial charge < -0.3 is 0 Å². The summed E-state index contributed by atoms with van der Waals surface area (Å²) in [6.45, 7) is 12.4. The van der Waals surface area contributed by atoms with Gasteiger partial charge in [-0.15, -0.1) is 0 Å². The molecule has 0 nitrogen and oxygen atoms in total. The minimum atomic E-state index is -1.93. The number of rotatable bonds is 0. The molecule has 0 bridgehead atoms. The summed E-state index contributed by atoms with van der Waals surface area (Å²) in [5.41, 5.74) is 0. The lowest BCUT2D eigenvalue weighted by Crippen LogP contribution is -2.55. The Morgan fingerprint density at radius 2 is 0.556 bits per heavy atom. The van der Waals surface area contributed by atoms with E-state index >= 15 is 0 Å². The zero-order chi connectivity index (χ0) is 15.0. The molecule has 1 rings (SSSR count). The van der Waals surface area contributed by atoms with Crippen LogP contribution in [0.4, 0.5) is 0 Å². The summed E-state index contributed by atoms with van der Waals surface area (Å²) in [5.74, 6) is 0. The van der Waals surface area contributed by atoms with Crippen molar-refractivity contribution in [3.63, 3.8) is 0 Å². The second-order valence-corrected chi connectivity index (χ2v) is 30.5. The molecule has 0 aromatic rings. The van der Waals surface area contributed by atoms with Crippen LogP contribution in [-0.4, -0.2) is 53.2 Å². The first-order valence-corrected chi connectivity index (χ1v) is 16.6.